The fourth-order valence-electron chi connectivity index (χ4n) is 3.00. The van der Waals surface area contributed by atoms with Crippen LogP contribution in [0.3, 0.4) is 0 Å². The summed E-state index contributed by atoms with van der Waals surface area (Å²) in [4.78, 5) is 18.6. The van der Waals surface area contributed by atoms with Crippen molar-refractivity contribution in [3.05, 3.63) is 22.4 Å². The zero-order chi connectivity index (χ0) is 15.3. The number of hydrogen-bond donors (Lipinski definition) is 1. The first-order chi connectivity index (χ1) is 10.1. The van der Waals surface area contributed by atoms with E-state index in [9.17, 15) is 4.79 Å². The number of hydrogen-bond acceptors (Lipinski definition) is 4. The lowest BCUT2D eigenvalue weighted by atomic mass is 9.81. The van der Waals surface area contributed by atoms with Crippen LogP contribution in [-0.2, 0) is 11.3 Å². The topological polar surface area (TPSA) is 49.6 Å². The summed E-state index contributed by atoms with van der Waals surface area (Å²) in [6.45, 7) is 9.16. The Balaban J connectivity index is 0.00000242. The van der Waals surface area contributed by atoms with E-state index in [1.807, 2.05) is 4.90 Å². The minimum Gasteiger partial charge on any atom is -0.340 e. The van der Waals surface area contributed by atoms with Gasteiger partial charge in [0.25, 0.3) is 0 Å². The lowest BCUT2D eigenvalue weighted by molar-refractivity contribution is -0.144. The van der Waals surface area contributed by atoms with E-state index in [4.69, 9.17) is 5.73 Å². The van der Waals surface area contributed by atoms with E-state index in [0.29, 0.717) is 6.54 Å². The summed E-state index contributed by atoms with van der Waals surface area (Å²) in [5.41, 5.74) is 5.55. The minimum atomic E-state index is -0.351. The number of carbonyl (C=O) groups is 1. The molecule has 0 spiro atoms. The first-order valence-corrected chi connectivity index (χ1v) is 8.77. The van der Waals surface area contributed by atoms with E-state index in [0.717, 1.165) is 45.6 Å². The quantitative estimate of drug-likeness (QED) is 0.823. The summed E-state index contributed by atoms with van der Waals surface area (Å²) in [7, 11) is 0. The highest BCUT2D eigenvalue weighted by Gasteiger charge is 2.37. The van der Waals surface area contributed by atoms with Crippen LogP contribution in [0.15, 0.2) is 17.5 Å². The van der Waals surface area contributed by atoms with Crippen molar-refractivity contribution in [1.82, 2.24) is 9.80 Å². The molecule has 2 N–H and O–H groups in total. The molecule has 0 aromatic carbocycles. The molecule has 1 fully saturated rings. The zero-order valence-electron chi connectivity index (χ0n) is 14.0. The lowest BCUT2D eigenvalue weighted by Crippen LogP contribution is -2.54. The zero-order valence-corrected chi connectivity index (χ0v) is 16.4. The summed E-state index contributed by atoms with van der Waals surface area (Å²) in [5.74, 6) is 0.255. The number of rotatable bonds is 6. The van der Waals surface area contributed by atoms with Crippen LogP contribution in [-0.4, -0.2) is 48.4 Å². The van der Waals surface area contributed by atoms with Gasteiger partial charge in [-0.2, -0.15) is 0 Å². The van der Waals surface area contributed by atoms with Crippen molar-refractivity contribution in [1.29, 1.82) is 0 Å². The van der Waals surface area contributed by atoms with Gasteiger partial charge >= 0.3 is 0 Å². The predicted molar refractivity (Wildman–Crippen MR) is 103 cm³/mol. The molecule has 2 heterocycles. The minimum absolute atomic E-state index is 0. The average molecular weight is 382 g/mol. The van der Waals surface area contributed by atoms with Crippen LogP contribution >= 0.6 is 36.2 Å². The lowest BCUT2D eigenvalue weighted by Gasteiger charge is -2.40. The molecule has 0 saturated carbocycles. The van der Waals surface area contributed by atoms with Crippen molar-refractivity contribution in [2.24, 2.45) is 11.1 Å². The SMILES string of the molecule is CCC(CC)(CN)C(=O)N1CCN(Cc2cccs2)CC1.Cl.Cl. The Morgan fingerprint density at radius 2 is 1.83 bits per heavy atom. The molecule has 0 unspecified atom stereocenters. The second-order valence-electron chi connectivity index (χ2n) is 5.84. The smallest absolute Gasteiger partial charge is 0.230 e. The van der Waals surface area contributed by atoms with Gasteiger partial charge in [-0.15, -0.1) is 36.2 Å². The number of thiophene rings is 1. The van der Waals surface area contributed by atoms with Gasteiger partial charge in [-0.25, -0.2) is 0 Å². The van der Waals surface area contributed by atoms with Gasteiger partial charge in [0.1, 0.15) is 0 Å². The molecule has 1 saturated heterocycles. The predicted octanol–water partition coefficient (Wildman–Crippen LogP) is 3.00. The van der Waals surface area contributed by atoms with E-state index >= 15 is 0 Å². The number of amides is 1. The summed E-state index contributed by atoms with van der Waals surface area (Å²) in [5, 5.41) is 2.12. The van der Waals surface area contributed by atoms with Crippen molar-refractivity contribution < 1.29 is 4.79 Å². The molecule has 0 radical (unpaired) electrons. The van der Waals surface area contributed by atoms with Crippen molar-refractivity contribution in [2.75, 3.05) is 32.7 Å². The number of nitrogens with zero attached hydrogens (tertiary/aromatic N) is 2. The molecule has 1 aromatic heterocycles. The molecule has 1 aliphatic rings. The number of nitrogens with two attached hydrogens (primary N) is 1. The molecule has 1 aliphatic heterocycles. The maximum absolute atomic E-state index is 12.8. The summed E-state index contributed by atoms with van der Waals surface area (Å²) in [6.07, 6.45) is 1.66. The molecule has 134 valence electrons. The van der Waals surface area contributed by atoms with Gasteiger partial charge in [-0.3, -0.25) is 9.69 Å². The Kier molecular flexibility index (Phi) is 10.4. The number of halogens is 2. The Morgan fingerprint density at radius 1 is 1.22 bits per heavy atom. The first kappa shape index (κ1) is 22.7. The van der Waals surface area contributed by atoms with Crippen LogP contribution in [0.4, 0.5) is 0 Å². The third-order valence-electron chi connectivity index (χ3n) is 4.82. The average Bonchev–Trinajstić information content (AvgIpc) is 3.03. The van der Waals surface area contributed by atoms with Gasteiger partial charge in [-0.1, -0.05) is 19.9 Å². The summed E-state index contributed by atoms with van der Waals surface area (Å²) < 4.78 is 0. The van der Waals surface area contributed by atoms with Crippen LogP contribution < -0.4 is 5.73 Å². The third-order valence-corrected chi connectivity index (χ3v) is 5.68. The van der Waals surface area contributed by atoms with Gasteiger partial charge in [-0.05, 0) is 24.3 Å². The molecule has 1 aromatic rings. The van der Waals surface area contributed by atoms with Crippen LogP contribution in [0.25, 0.3) is 0 Å². The largest absolute Gasteiger partial charge is 0.340 e. The second-order valence-corrected chi connectivity index (χ2v) is 6.87. The second kappa shape index (κ2) is 10.5. The molecule has 4 nitrogen and oxygen atoms in total. The van der Waals surface area contributed by atoms with Crippen molar-refractivity contribution in [2.45, 2.75) is 33.2 Å². The van der Waals surface area contributed by atoms with Gasteiger partial charge < -0.3 is 10.6 Å². The molecular formula is C16H29Cl2N3OS. The van der Waals surface area contributed by atoms with E-state index in [1.165, 1.54) is 4.88 Å². The molecular weight excluding hydrogens is 353 g/mol. The third kappa shape index (κ3) is 5.33. The molecule has 2 rings (SSSR count). The molecule has 0 atom stereocenters. The highest BCUT2D eigenvalue weighted by Crippen LogP contribution is 2.28. The highest BCUT2D eigenvalue weighted by molar-refractivity contribution is 7.09. The fraction of sp³-hybridized carbons (Fsp3) is 0.688. The van der Waals surface area contributed by atoms with Crippen LogP contribution in [0.5, 0.6) is 0 Å². The first-order valence-electron chi connectivity index (χ1n) is 7.89. The summed E-state index contributed by atoms with van der Waals surface area (Å²) >= 11 is 1.80. The van der Waals surface area contributed by atoms with Gasteiger partial charge in [0, 0.05) is 44.1 Å². The van der Waals surface area contributed by atoms with E-state index in [2.05, 4.69) is 36.3 Å². The Morgan fingerprint density at radius 3 is 2.26 bits per heavy atom. The van der Waals surface area contributed by atoms with E-state index in [-0.39, 0.29) is 36.1 Å². The maximum Gasteiger partial charge on any atom is 0.230 e. The maximum atomic E-state index is 12.8. The number of piperazine rings is 1. The van der Waals surface area contributed by atoms with Gasteiger partial charge in [0.15, 0.2) is 0 Å². The van der Waals surface area contributed by atoms with Crippen molar-refractivity contribution >= 4 is 42.1 Å². The van der Waals surface area contributed by atoms with Crippen molar-refractivity contribution in [3.63, 3.8) is 0 Å². The molecule has 0 bridgehead atoms. The van der Waals surface area contributed by atoms with Crippen LogP contribution in [0, 0.1) is 5.41 Å². The Labute approximate surface area is 156 Å². The molecule has 0 aliphatic carbocycles. The fourth-order valence-corrected chi connectivity index (χ4v) is 3.74. The Bertz CT molecular complexity index is 436. The summed E-state index contributed by atoms with van der Waals surface area (Å²) in [6, 6.07) is 4.27. The van der Waals surface area contributed by atoms with Crippen LogP contribution in [0.1, 0.15) is 31.6 Å². The van der Waals surface area contributed by atoms with Crippen molar-refractivity contribution in [3.8, 4) is 0 Å². The highest BCUT2D eigenvalue weighted by atomic mass is 35.5. The van der Waals surface area contributed by atoms with Gasteiger partial charge in [0.05, 0.1) is 5.41 Å². The Hall–Kier alpha value is -0.330. The van der Waals surface area contributed by atoms with Crippen LogP contribution in [0.2, 0.25) is 0 Å². The normalized spacial score (nSPS) is 15.7. The molecule has 7 heteroatoms. The van der Waals surface area contributed by atoms with E-state index in [1.54, 1.807) is 11.3 Å². The monoisotopic (exact) mass is 381 g/mol. The van der Waals surface area contributed by atoms with E-state index < -0.39 is 0 Å². The molecule has 23 heavy (non-hydrogen) atoms. The van der Waals surface area contributed by atoms with Gasteiger partial charge in [0.2, 0.25) is 5.91 Å². The standard InChI is InChI=1S/C16H27N3OS.2ClH/c1-3-16(4-2,13-17)15(20)19-9-7-18(8-10-19)12-14-6-5-11-21-14;;/h5-6,11H,3-4,7-10,12-13,17H2,1-2H3;2*1H. The molecule has 1 amide bonds. The number of carbonyl (C=O) groups excluding carboxylic acids is 1.